The smallest absolute Gasteiger partial charge is 0.329 e. The van der Waals surface area contributed by atoms with Gasteiger partial charge in [-0.3, -0.25) is 18.9 Å². The van der Waals surface area contributed by atoms with Crippen LogP contribution in [-0.4, -0.2) is 50.2 Å². The number of likely N-dealkylation sites (N-methyl/N-ethyl adjacent to an activating group) is 1. The predicted molar refractivity (Wildman–Crippen MR) is 112 cm³/mol. The van der Waals surface area contributed by atoms with Gasteiger partial charge in [0.2, 0.25) is 5.95 Å². The van der Waals surface area contributed by atoms with Crippen molar-refractivity contribution in [2.45, 2.75) is 26.8 Å². The Balaban J connectivity index is 2.09. The van der Waals surface area contributed by atoms with Gasteiger partial charge in [-0.1, -0.05) is 44.2 Å². The highest BCUT2D eigenvalue weighted by atomic mass is 16.2. The molecule has 0 spiro atoms. The van der Waals surface area contributed by atoms with Crippen molar-refractivity contribution >= 4 is 17.1 Å². The minimum Gasteiger partial charge on any atom is -0.354 e. The maximum atomic E-state index is 12.6. The first-order chi connectivity index (χ1) is 13.5. The molecule has 0 fully saturated rings. The molecule has 1 unspecified atom stereocenters. The van der Waals surface area contributed by atoms with Crippen molar-refractivity contribution in [1.29, 1.82) is 0 Å². The van der Waals surface area contributed by atoms with Gasteiger partial charge in [-0.2, -0.15) is 4.98 Å². The number of benzene rings is 1. The average molecular weight is 384 g/mol. The van der Waals surface area contributed by atoms with E-state index in [0.29, 0.717) is 23.7 Å². The molecule has 1 atom stereocenters. The molecule has 0 bridgehead atoms. The van der Waals surface area contributed by atoms with Crippen LogP contribution in [0.1, 0.15) is 32.4 Å². The van der Waals surface area contributed by atoms with Crippen molar-refractivity contribution < 1.29 is 0 Å². The minimum absolute atomic E-state index is 0.124. The largest absolute Gasteiger partial charge is 0.354 e. The number of fused-ring (bicyclic) bond motifs is 1. The van der Waals surface area contributed by atoms with Gasteiger partial charge in [-0.15, -0.1) is 0 Å². The Morgan fingerprint density at radius 1 is 1.18 bits per heavy atom. The fourth-order valence-electron chi connectivity index (χ4n) is 3.45. The molecule has 2 aromatic heterocycles. The van der Waals surface area contributed by atoms with E-state index in [0.717, 1.165) is 25.2 Å². The van der Waals surface area contributed by atoms with Gasteiger partial charge < -0.3 is 10.2 Å². The highest BCUT2D eigenvalue weighted by Crippen LogP contribution is 2.26. The van der Waals surface area contributed by atoms with E-state index in [4.69, 9.17) is 0 Å². The van der Waals surface area contributed by atoms with Crippen LogP contribution in [0.3, 0.4) is 0 Å². The Kier molecular flexibility index (Phi) is 5.99. The van der Waals surface area contributed by atoms with Crippen molar-refractivity contribution in [3.8, 4) is 0 Å². The molecule has 0 saturated carbocycles. The standard InChI is InChI=1S/C20H28N6O2/c1-5-25(6-2)13-12-21-19-22-17-16(18(27)23-20(28)24(17)4)26(19)14(3)15-10-8-7-9-11-15/h7-11,14H,5-6,12-13H2,1-4H3,(H,21,22)(H,23,27,28). The highest BCUT2D eigenvalue weighted by molar-refractivity contribution is 5.74. The summed E-state index contributed by atoms with van der Waals surface area (Å²) in [7, 11) is 1.62. The Morgan fingerprint density at radius 2 is 1.86 bits per heavy atom. The average Bonchev–Trinajstić information content (AvgIpc) is 3.09. The molecule has 2 heterocycles. The van der Waals surface area contributed by atoms with Gasteiger partial charge in [0.1, 0.15) is 0 Å². The lowest BCUT2D eigenvalue weighted by atomic mass is 10.1. The summed E-state index contributed by atoms with van der Waals surface area (Å²) in [6.07, 6.45) is 0. The van der Waals surface area contributed by atoms with E-state index in [1.165, 1.54) is 4.57 Å². The number of nitrogens with one attached hydrogen (secondary N) is 2. The summed E-state index contributed by atoms with van der Waals surface area (Å²) in [6.45, 7) is 9.80. The molecular weight excluding hydrogens is 356 g/mol. The van der Waals surface area contributed by atoms with Crippen LogP contribution in [0.15, 0.2) is 39.9 Å². The van der Waals surface area contributed by atoms with Gasteiger partial charge in [0.25, 0.3) is 5.56 Å². The SMILES string of the molecule is CCN(CC)CCNc1nc2c(c(=O)[nH]c(=O)n2C)n1C(C)c1ccccc1. The van der Waals surface area contributed by atoms with Crippen LogP contribution in [0.4, 0.5) is 5.95 Å². The fraction of sp³-hybridized carbons (Fsp3) is 0.450. The number of anilines is 1. The Morgan fingerprint density at radius 3 is 2.50 bits per heavy atom. The zero-order valence-electron chi connectivity index (χ0n) is 16.9. The molecular formula is C20H28N6O2. The summed E-state index contributed by atoms with van der Waals surface area (Å²) in [5, 5.41) is 3.37. The monoisotopic (exact) mass is 384 g/mol. The second kappa shape index (κ2) is 8.43. The summed E-state index contributed by atoms with van der Waals surface area (Å²) in [5.41, 5.74) is 0.932. The van der Waals surface area contributed by atoms with Crippen LogP contribution >= 0.6 is 0 Å². The molecule has 0 aliphatic rings. The van der Waals surface area contributed by atoms with Crippen LogP contribution in [0.5, 0.6) is 0 Å². The van der Waals surface area contributed by atoms with Crippen LogP contribution in [0.2, 0.25) is 0 Å². The third kappa shape index (κ3) is 3.73. The molecule has 1 aromatic carbocycles. The number of nitrogens with zero attached hydrogens (tertiary/aromatic N) is 4. The van der Waals surface area contributed by atoms with E-state index in [1.807, 2.05) is 41.8 Å². The molecule has 3 aromatic rings. The molecule has 2 N–H and O–H groups in total. The zero-order chi connectivity index (χ0) is 20.3. The first-order valence-electron chi connectivity index (χ1n) is 9.70. The Bertz CT molecular complexity index is 1050. The van der Waals surface area contributed by atoms with Crippen LogP contribution in [-0.2, 0) is 7.05 Å². The quantitative estimate of drug-likeness (QED) is 0.618. The van der Waals surface area contributed by atoms with Crippen LogP contribution < -0.4 is 16.6 Å². The molecule has 0 amide bonds. The number of hydrogen-bond donors (Lipinski definition) is 2. The highest BCUT2D eigenvalue weighted by Gasteiger charge is 2.21. The van der Waals surface area contributed by atoms with E-state index in [9.17, 15) is 9.59 Å². The third-order valence-corrected chi connectivity index (χ3v) is 5.23. The molecule has 0 aliphatic heterocycles. The predicted octanol–water partition coefficient (Wildman–Crippen LogP) is 1.79. The minimum atomic E-state index is -0.468. The maximum Gasteiger partial charge on any atom is 0.329 e. The molecule has 8 heteroatoms. The van der Waals surface area contributed by atoms with Crippen molar-refractivity contribution in [3.63, 3.8) is 0 Å². The second-order valence-electron chi connectivity index (χ2n) is 6.84. The molecule has 0 saturated heterocycles. The van der Waals surface area contributed by atoms with Gasteiger partial charge in [0.05, 0.1) is 6.04 Å². The molecule has 8 nitrogen and oxygen atoms in total. The van der Waals surface area contributed by atoms with Crippen molar-refractivity contribution in [3.05, 3.63) is 56.7 Å². The zero-order valence-corrected chi connectivity index (χ0v) is 16.9. The third-order valence-electron chi connectivity index (χ3n) is 5.23. The summed E-state index contributed by atoms with van der Waals surface area (Å²) in [4.78, 5) is 34.0. The van der Waals surface area contributed by atoms with Gasteiger partial charge in [0.15, 0.2) is 11.2 Å². The summed E-state index contributed by atoms with van der Waals surface area (Å²) >= 11 is 0. The van der Waals surface area contributed by atoms with Crippen LogP contribution in [0, 0.1) is 0 Å². The van der Waals surface area contributed by atoms with E-state index in [-0.39, 0.29) is 6.04 Å². The van der Waals surface area contributed by atoms with Crippen molar-refractivity contribution in [2.24, 2.45) is 7.05 Å². The van der Waals surface area contributed by atoms with Crippen molar-refractivity contribution in [1.82, 2.24) is 24.0 Å². The van der Waals surface area contributed by atoms with Crippen LogP contribution in [0.25, 0.3) is 11.2 Å². The number of imidazole rings is 1. The number of H-pyrrole nitrogens is 1. The van der Waals surface area contributed by atoms with Gasteiger partial charge in [0, 0.05) is 20.1 Å². The van der Waals surface area contributed by atoms with Gasteiger partial charge in [-0.05, 0) is 25.6 Å². The van der Waals surface area contributed by atoms with Crippen molar-refractivity contribution in [2.75, 3.05) is 31.5 Å². The lowest BCUT2D eigenvalue weighted by Gasteiger charge is -2.20. The normalized spacial score (nSPS) is 12.6. The number of aromatic amines is 1. The number of aryl methyl sites for hydroxylation is 1. The maximum absolute atomic E-state index is 12.6. The van der Waals surface area contributed by atoms with E-state index < -0.39 is 11.2 Å². The molecule has 28 heavy (non-hydrogen) atoms. The fourth-order valence-corrected chi connectivity index (χ4v) is 3.45. The van der Waals surface area contributed by atoms with E-state index in [2.05, 4.69) is 34.0 Å². The molecule has 0 aliphatic carbocycles. The van der Waals surface area contributed by atoms with Gasteiger partial charge >= 0.3 is 5.69 Å². The number of aromatic nitrogens is 4. The first kappa shape index (κ1) is 19.9. The lowest BCUT2D eigenvalue weighted by molar-refractivity contribution is 0.315. The Hall–Kier alpha value is -2.87. The topological polar surface area (TPSA) is 88.0 Å². The number of hydrogen-bond acceptors (Lipinski definition) is 5. The van der Waals surface area contributed by atoms with E-state index in [1.54, 1.807) is 7.05 Å². The number of rotatable bonds is 8. The van der Waals surface area contributed by atoms with Gasteiger partial charge in [-0.25, -0.2) is 4.79 Å². The molecule has 150 valence electrons. The summed E-state index contributed by atoms with van der Waals surface area (Å²) in [6, 6.07) is 9.82. The van der Waals surface area contributed by atoms with E-state index >= 15 is 0 Å². The summed E-state index contributed by atoms with van der Waals surface area (Å²) < 4.78 is 3.26. The summed E-state index contributed by atoms with van der Waals surface area (Å²) in [5.74, 6) is 0.588. The molecule has 3 rings (SSSR count). The molecule has 0 radical (unpaired) electrons. The lowest BCUT2D eigenvalue weighted by Crippen LogP contribution is -2.30. The first-order valence-corrected chi connectivity index (χ1v) is 9.70. The Labute approximate surface area is 163 Å². The second-order valence-corrected chi connectivity index (χ2v) is 6.84.